The summed E-state index contributed by atoms with van der Waals surface area (Å²) >= 11 is 1.84. The Morgan fingerprint density at radius 2 is 2.29 bits per heavy atom. The average Bonchev–Trinajstić information content (AvgIpc) is 3.11. The first-order valence-electron chi connectivity index (χ1n) is 7.64. The van der Waals surface area contributed by atoms with E-state index in [1.54, 1.807) is 7.11 Å². The van der Waals surface area contributed by atoms with Crippen molar-refractivity contribution in [2.45, 2.75) is 32.2 Å². The molecule has 0 N–H and O–H groups in total. The molecule has 1 aromatic heterocycles. The summed E-state index contributed by atoms with van der Waals surface area (Å²) in [5, 5.41) is 8.48. The second kappa shape index (κ2) is 6.58. The first kappa shape index (κ1) is 14.5. The number of ether oxygens (including phenoxy) is 1. The minimum absolute atomic E-state index is 0.436. The van der Waals surface area contributed by atoms with Crippen molar-refractivity contribution in [3.05, 3.63) is 35.2 Å². The Hall–Kier alpha value is -1.39. The van der Waals surface area contributed by atoms with Gasteiger partial charge in [0.1, 0.15) is 0 Å². The van der Waals surface area contributed by atoms with Crippen molar-refractivity contribution in [1.82, 2.24) is 5.01 Å². The van der Waals surface area contributed by atoms with Crippen LogP contribution in [0.2, 0.25) is 0 Å². The van der Waals surface area contributed by atoms with Crippen LogP contribution in [0, 0.1) is 0 Å². The van der Waals surface area contributed by atoms with E-state index < -0.39 is 0 Å². The van der Waals surface area contributed by atoms with Gasteiger partial charge in [-0.25, -0.2) is 0 Å². The highest BCUT2D eigenvalue weighted by molar-refractivity contribution is 7.20. The zero-order valence-corrected chi connectivity index (χ0v) is 13.5. The van der Waals surface area contributed by atoms with Crippen molar-refractivity contribution >= 4 is 27.1 Å². The highest BCUT2D eigenvalue weighted by Gasteiger charge is 2.23. The van der Waals surface area contributed by atoms with Crippen LogP contribution in [-0.4, -0.2) is 37.0 Å². The maximum Gasteiger partial charge on any atom is 0.0774 e. The van der Waals surface area contributed by atoms with Crippen molar-refractivity contribution in [2.75, 3.05) is 20.3 Å². The summed E-state index contributed by atoms with van der Waals surface area (Å²) in [6, 6.07) is 11.2. The molecule has 0 radical (unpaired) electrons. The Bertz CT molecular complexity index is 602. The third kappa shape index (κ3) is 3.11. The summed E-state index contributed by atoms with van der Waals surface area (Å²) < 4.78 is 6.65. The van der Waals surface area contributed by atoms with Gasteiger partial charge >= 0.3 is 0 Å². The second-order valence-electron chi connectivity index (χ2n) is 5.46. The van der Waals surface area contributed by atoms with E-state index >= 15 is 0 Å². The normalized spacial score (nSPS) is 19.6. The lowest BCUT2D eigenvalue weighted by atomic mass is 10.2. The van der Waals surface area contributed by atoms with Crippen LogP contribution < -0.4 is 0 Å². The van der Waals surface area contributed by atoms with Crippen LogP contribution in [0.3, 0.4) is 0 Å². The molecule has 3 nitrogen and oxygen atoms in total. The summed E-state index contributed by atoms with van der Waals surface area (Å²) in [4.78, 5) is 1.29. The molecule has 0 spiro atoms. The van der Waals surface area contributed by atoms with E-state index in [1.165, 1.54) is 33.5 Å². The van der Waals surface area contributed by atoms with Crippen molar-refractivity contribution in [3.63, 3.8) is 0 Å². The van der Waals surface area contributed by atoms with Gasteiger partial charge in [-0.3, -0.25) is 5.01 Å². The highest BCUT2D eigenvalue weighted by Crippen LogP contribution is 2.27. The van der Waals surface area contributed by atoms with Gasteiger partial charge < -0.3 is 4.74 Å². The largest absolute Gasteiger partial charge is 0.382 e. The smallest absolute Gasteiger partial charge is 0.0774 e. The number of hydrazone groups is 1. The fourth-order valence-corrected chi connectivity index (χ4v) is 4.00. The quantitative estimate of drug-likeness (QED) is 0.776. The highest BCUT2D eigenvalue weighted by atomic mass is 32.1. The molecule has 1 saturated heterocycles. The number of benzene rings is 1. The lowest BCUT2D eigenvalue weighted by Gasteiger charge is -2.21. The van der Waals surface area contributed by atoms with E-state index in [0.29, 0.717) is 6.04 Å². The zero-order valence-electron chi connectivity index (χ0n) is 12.7. The minimum atomic E-state index is 0.436. The molecule has 0 bridgehead atoms. The molecule has 21 heavy (non-hydrogen) atoms. The van der Waals surface area contributed by atoms with E-state index in [2.05, 4.69) is 42.3 Å². The molecular weight excluding hydrogens is 280 g/mol. The van der Waals surface area contributed by atoms with Crippen LogP contribution in [0.5, 0.6) is 0 Å². The monoisotopic (exact) mass is 302 g/mol. The van der Waals surface area contributed by atoms with Crippen LogP contribution in [0.4, 0.5) is 0 Å². The molecule has 1 aliphatic heterocycles. The van der Waals surface area contributed by atoms with Crippen molar-refractivity contribution in [3.8, 4) is 0 Å². The van der Waals surface area contributed by atoms with Crippen LogP contribution in [-0.2, 0) is 4.74 Å². The zero-order chi connectivity index (χ0) is 14.7. The van der Waals surface area contributed by atoms with Gasteiger partial charge in [0, 0.05) is 18.4 Å². The molecule has 2 aromatic rings. The number of nitrogens with zero attached hydrogens (tertiary/aromatic N) is 2. The van der Waals surface area contributed by atoms with E-state index in [9.17, 15) is 0 Å². The summed E-state index contributed by atoms with van der Waals surface area (Å²) in [5.74, 6) is 0. The fourth-order valence-electron chi connectivity index (χ4n) is 2.89. The lowest BCUT2D eigenvalue weighted by Crippen LogP contribution is -2.29. The topological polar surface area (TPSA) is 24.8 Å². The number of methoxy groups -OCH3 is 1. The van der Waals surface area contributed by atoms with Crippen molar-refractivity contribution in [1.29, 1.82) is 0 Å². The van der Waals surface area contributed by atoms with Gasteiger partial charge in [-0.2, -0.15) is 5.10 Å². The summed E-state index contributed by atoms with van der Waals surface area (Å²) in [5.41, 5.74) is 1.19. The van der Waals surface area contributed by atoms with E-state index in [0.717, 1.165) is 19.6 Å². The Morgan fingerprint density at radius 3 is 3.05 bits per heavy atom. The molecule has 2 heterocycles. The van der Waals surface area contributed by atoms with Gasteiger partial charge in [0.25, 0.3) is 0 Å². The van der Waals surface area contributed by atoms with E-state index in [1.807, 2.05) is 11.3 Å². The first-order valence-corrected chi connectivity index (χ1v) is 8.45. The summed E-state index contributed by atoms with van der Waals surface area (Å²) in [6.07, 6.45) is 3.35. The van der Waals surface area contributed by atoms with E-state index in [4.69, 9.17) is 9.84 Å². The van der Waals surface area contributed by atoms with Crippen LogP contribution in [0.15, 0.2) is 35.4 Å². The SMILES string of the molecule is CC/C(=N\N1CCC[C@H]1COC)c1cc2ccccc2s1. The Balaban J connectivity index is 1.88. The van der Waals surface area contributed by atoms with E-state index in [-0.39, 0.29) is 0 Å². The molecule has 0 saturated carbocycles. The predicted octanol–water partition coefficient (Wildman–Crippen LogP) is 4.13. The molecule has 0 aliphatic carbocycles. The number of rotatable bonds is 5. The maximum atomic E-state index is 5.32. The van der Waals surface area contributed by atoms with Gasteiger partial charge in [-0.1, -0.05) is 25.1 Å². The van der Waals surface area contributed by atoms with Crippen LogP contribution in [0.25, 0.3) is 10.1 Å². The van der Waals surface area contributed by atoms with Crippen LogP contribution >= 0.6 is 11.3 Å². The number of hydrogen-bond acceptors (Lipinski definition) is 4. The van der Waals surface area contributed by atoms with Gasteiger partial charge in [-0.15, -0.1) is 11.3 Å². The fraction of sp³-hybridized carbons (Fsp3) is 0.471. The average molecular weight is 302 g/mol. The standard InChI is InChI=1S/C17H22N2OS/c1-3-15(18-19-10-6-8-14(19)12-20-2)17-11-13-7-4-5-9-16(13)21-17/h4-5,7,9,11,14H,3,6,8,10,12H2,1-2H3/b18-15+/t14-/m0/s1. The molecule has 3 rings (SSSR count). The predicted molar refractivity (Wildman–Crippen MR) is 90.3 cm³/mol. The van der Waals surface area contributed by atoms with Gasteiger partial charge in [0.05, 0.1) is 23.2 Å². The molecule has 112 valence electrons. The van der Waals surface area contributed by atoms with Gasteiger partial charge in [0.15, 0.2) is 0 Å². The van der Waals surface area contributed by atoms with Crippen molar-refractivity contribution in [2.24, 2.45) is 5.10 Å². The molecule has 1 fully saturated rings. The molecule has 0 unspecified atom stereocenters. The molecule has 1 aliphatic rings. The number of thiophene rings is 1. The first-order chi connectivity index (χ1) is 10.3. The van der Waals surface area contributed by atoms with Gasteiger partial charge in [-0.05, 0) is 36.8 Å². The molecular formula is C17H22N2OS. The molecule has 1 atom stereocenters. The summed E-state index contributed by atoms with van der Waals surface area (Å²) in [6.45, 7) is 4.00. The second-order valence-corrected chi connectivity index (χ2v) is 6.55. The molecule has 4 heteroatoms. The Morgan fingerprint density at radius 1 is 1.43 bits per heavy atom. The lowest BCUT2D eigenvalue weighted by molar-refractivity contribution is 0.118. The maximum absolute atomic E-state index is 5.32. The minimum Gasteiger partial charge on any atom is -0.382 e. The Labute approximate surface area is 130 Å². The molecule has 1 aromatic carbocycles. The van der Waals surface area contributed by atoms with Gasteiger partial charge in [0.2, 0.25) is 0 Å². The Kier molecular flexibility index (Phi) is 4.56. The third-order valence-electron chi connectivity index (χ3n) is 4.00. The van der Waals surface area contributed by atoms with Crippen LogP contribution in [0.1, 0.15) is 31.1 Å². The van der Waals surface area contributed by atoms with Crippen molar-refractivity contribution < 1.29 is 4.74 Å². The third-order valence-corrected chi connectivity index (χ3v) is 5.16. The number of fused-ring (bicyclic) bond motifs is 1. The number of hydrogen-bond donors (Lipinski definition) is 0. The summed E-state index contributed by atoms with van der Waals surface area (Å²) in [7, 11) is 1.77. The molecule has 0 amide bonds.